The third-order valence-electron chi connectivity index (χ3n) is 4.33. The molecular formula is C22H16N6O6. The van der Waals surface area contributed by atoms with Crippen LogP contribution < -0.4 is 10.9 Å². The second kappa shape index (κ2) is 10.9. The number of nitrogens with zero attached hydrogens (tertiary/aromatic N) is 4. The highest BCUT2D eigenvalue weighted by Gasteiger charge is 2.09. The van der Waals surface area contributed by atoms with E-state index in [2.05, 4.69) is 21.1 Å². The first-order valence-electron chi connectivity index (χ1n) is 9.59. The van der Waals surface area contributed by atoms with Gasteiger partial charge >= 0.3 is 0 Å². The zero-order valence-corrected chi connectivity index (χ0v) is 17.3. The highest BCUT2D eigenvalue weighted by molar-refractivity contribution is 5.98. The van der Waals surface area contributed by atoms with Gasteiger partial charge in [0.25, 0.3) is 23.2 Å². The molecule has 12 nitrogen and oxygen atoms in total. The number of hydrogen-bond acceptors (Lipinski definition) is 8. The standard InChI is InChI=1S/C22H16N6O6/c29-21(25-23-13-15-3-1-5-19(11-15)27(31)32)17-7-9-18(10-8-17)22(30)26-24-14-16-4-2-6-20(12-16)28(33)34/h1-14H,(H,25,29)(H,26,30). The van der Waals surface area contributed by atoms with Gasteiger partial charge in [-0.15, -0.1) is 0 Å². The maximum absolute atomic E-state index is 12.2. The van der Waals surface area contributed by atoms with Gasteiger partial charge in [-0.25, -0.2) is 10.9 Å². The molecule has 2 amide bonds. The number of rotatable bonds is 8. The molecule has 12 heteroatoms. The van der Waals surface area contributed by atoms with E-state index in [1.54, 1.807) is 12.1 Å². The summed E-state index contributed by atoms with van der Waals surface area (Å²) in [4.78, 5) is 44.9. The first-order valence-corrected chi connectivity index (χ1v) is 9.59. The molecule has 0 saturated carbocycles. The summed E-state index contributed by atoms with van der Waals surface area (Å²) in [7, 11) is 0. The highest BCUT2D eigenvalue weighted by atomic mass is 16.6. The summed E-state index contributed by atoms with van der Waals surface area (Å²) in [5.41, 5.74) is 5.73. The molecule has 0 radical (unpaired) electrons. The van der Waals surface area contributed by atoms with E-state index in [9.17, 15) is 29.8 Å². The molecule has 34 heavy (non-hydrogen) atoms. The van der Waals surface area contributed by atoms with Gasteiger partial charge < -0.3 is 0 Å². The minimum atomic E-state index is -0.544. The Morgan fingerprint density at radius 3 is 1.41 bits per heavy atom. The first kappa shape index (κ1) is 23.4. The molecule has 0 heterocycles. The van der Waals surface area contributed by atoms with Crippen LogP contribution >= 0.6 is 0 Å². The van der Waals surface area contributed by atoms with Gasteiger partial charge in [-0.2, -0.15) is 10.2 Å². The van der Waals surface area contributed by atoms with Gasteiger partial charge in [-0.3, -0.25) is 29.8 Å². The summed E-state index contributed by atoms with van der Waals surface area (Å²) >= 11 is 0. The number of carbonyl (C=O) groups excluding carboxylic acids is 2. The number of nitrogens with one attached hydrogen (secondary N) is 2. The van der Waals surface area contributed by atoms with Gasteiger partial charge in [-0.05, 0) is 24.3 Å². The number of hydrazone groups is 2. The van der Waals surface area contributed by atoms with Crippen molar-refractivity contribution in [2.24, 2.45) is 10.2 Å². The van der Waals surface area contributed by atoms with Crippen LogP contribution in [0, 0.1) is 20.2 Å². The van der Waals surface area contributed by atoms with Crippen molar-refractivity contribution in [2.45, 2.75) is 0 Å². The van der Waals surface area contributed by atoms with E-state index in [1.807, 2.05) is 0 Å². The lowest BCUT2D eigenvalue weighted by molar-refractivity contribution is -0.385. The third-order valence-corrected chi connectivity index (χ3v) is 4.33. The zero-order chi connectivity index (χ0) is 24.5. The smallest absolute Gasteiger partial charge is 0.267 e. The Kier molecular flexibility index (Phi) is 7.47. The van der Waals surface area contributed by atoms with Crippen LogP contribution in [0.1, 0.15) is 31.8 Å². The van der Waals surface area contributed by atoms with Crippen molar-refractivity contribution in [3.63, 3.8) is 0 Å². The lowest BCUT2D eigenvalue weighted by Crippen LogP contribution is -2.19. The summed E-state index contributed by atoms with van der Waals surface area (Å²) in [6.07, 6.45) is 2.54. The summed E-state index contributed by atoms with van der Waals surface area (Å²) in [5.74, 6) is -1.09. The maximum Gasteiger partial charge on any atom is 0.271 e. The Hall–Kier alpha value is -5.26. The van der Waals surface area contributed by atoms with E-state index in [1.165, 1.54) is 73.1 Å². The van der Waals surface area contributed by atoms with Crippen LogP contribution in [0.5, 0.6) is 0 Å². The van der Waals surface area contributed by atoms with E-state index in [0.717, 1.165) is 0 Å². The van der Waals surface area contributed by atoms with Gasteiger partial charge in [0.1, 0.15) is 0 Å². The molecule has 0 aliphatic carbocycles. The first-order chi connectivity index (χ1) is 16.3. The number of carbonyl (C=O) groups is 2. The molecule has 2 N–H and O–H groups in total. The second-order valence-corrected chi connectivity index (χ2v) is 6.68. The van der Waals surface area contributed by atoms with Crippen LogP contribution in [0.3, 0.4) is 0 Å². The van der Waals surface area contributed by atoms with E-state index in [0.29, 0.717) is 11.1 Å². The molecule has 0 atom stereocenters. The second-order valence-electron chi connectivity index (χ2n) is 6.68. The van der Waals surface area contributed by atoms with Crippen molar-refractivity contribution in [3.05, 3.63) is 115 Å². The molecule has 3 rings (SSSR count). The van der Waals surface area contributed by atoms with Crippen molar-refractivity contribution in [2.75, 3.05) is 0 Å². The molecule has 0 bridgehead atoms. The largest absolute Gasteiger partial charge is 0.271 e. The normalized spacial score (nSPS) is 10.8. The fourth-order valence-corrected chi connectivity index (χ4v) is 2.67. The summed E-state index contributed by atoms with van der Waals surface area (Å²) in [5, 5.41) is 29.1. The lowest BCUT2D eigenvalue weighted by atomic mass is 10.1. The third kappa shape index (κ3) is 6.37. The highest BCUT2D eigenvalue weighted by Crippen LogP contribution is 2.12. The van der Waals surface area contributed by atoms with Crippen LogP contribution in [0.15, 0.2) is 83.0 Å². The Balaban J connectivity index is 1.55. The van der Waals surface area contributed by atoms with Gasteiger partial charge in [0, 0.05) is 46.5 Å². The summed E-state index contributed by atoms with van der Waals surface area (Å²) < 4.78 is 0. The molecule has 3 aromatic rings. The number of hydrogen-bond donors (Lipinski definition) is 2. The van der Waals surface area contributed by atoms with Crippen molar-refractivity contribution in [3.8, 4) is 0 Å². The maximum atomic E-state index is 12.2. The molecule has 0 aliphatic heterocycles. The molecule has 0 aromatic heterocycles. The van der Waals surface area contributed by atoms with Crippen LogP contribution in [0.2, 0.25) is 0 Å². The van der Waals surface area contributed by atoms with Gasteiger partial charge in [-0.1, -0.05) is 24.3 Å². The Morgan fingerprint density at radius 1 is 0.676 bits per heavy atom. The molecule has 0 saturated heterocycles. The van der Waals surface area contributed by atoms with Gasteiger partial charge in [0.05, 0.1) is 22.3 Å². The molecule has 0 fully saturated rings. The molecule has 0 aliphatic rings. The fraction of sp³-hybridized carbons (Fsp3) is 0. The number of benzene rings is 3. The van der Waals surface area contributed by atoms with E-state index < -0.39 is 21.7 Å². The zero-order valence-electron chi connectivity index (χ0n) is 17.3. The van der Waals surface area contributed by atoms with E-state index >= 15 is 0 Å². The van der Waals surface area contributed by atoms with E-state index in [-0.39, 0.29) is 22.5 Å². The number of non-ortho nitro benzene ring substituents is 2. The minimum Gasteiger partial charge on any atom is -0.267 e. The summed E-state index contributed by atoms with van der Waals surface area (Å²) in [6.45, 7) is 0. The van der Waals surface area contributed by atoms with Crippen molar-refractivity contribution in [1.29, 1.82) is 0 Å². The van der Waals surface area contributed by atoms with Gasteiger partial charge in [0.15, 0.2) is 0 Å². The topological polar surface area (TPSA) is 169 Å². The quantitative estimate of drug-likeness (QED) is 0.297. The SMILES string of the molecule is O=C(NN=Cc1cccc([N+](=O)[O-])c1)c1ccc(C(=O)NN=Cc2cccc([N+](=O)[O-])c2)cc1. The molecule has 0 spiro atoms. The molecule has 3 aromatic carbocycles. The fourth-order valence-electron chi connectivity index (χ4n) is 2.67. The summed E-state index contributed by atoms with van der Waals surface area (Å²) in [6, 6.07) is 17.1. The Labute approximate surface area is 191 Å². The lowest BCUT2D eigenvalue weighted by Gasteiger charge is -2.03. The predicted octanol–water partition coefficient (Wildman–Crippen LogP) is 3.03. The monoisotopic (exact) mass is 460 g/mol. The van der Waals surface area contributed by atoms with Crippen molar-refractivity contribution >= 4 is 35.6 Å². The van der Waals surface area contributed by atoms with Crippen LogP contribution in [0.25, 0.3) is 0 Å². The van der Waals surface area contributed by atoms with Crippen LogP contribution in [-0.4, -0.2) is 34.1 Å². The molecule has 0 unspecified atom stereocenters. The molecule has 170 valence electrons. The van der Waals surface area contributed by atoms with E-state index in [4.69, 9.17) is 0 Å². The number of amides is 2. The van der Waals surface area contributed by atoms with Crippen molar-refractivity contribution in [1.82, 2.24) is 10.9 Å². The average molecular weight is 460 g/mol. The minimum absolute atomic E-state index is 0.0986. The molecular weight excluding hydrogens is 444 g/mol. The number of nitro benzene ring substituents is 2. The Morgan fingerprint density at radius 2 is 1.06 bits per heavy atom. The van der Waals surface area contributed by atoms with Crippen molar-refractivity contribution < 1.29 is 19.4 Å². The number of nitro groups is 2. The van der Waals surface area contributed by atoms with Crippen LogP contribution in [-0.2, 0) is 0 Å². The Bertz CT molecular complexity index is 1200. The predicted molar refractivity (Wildman–Crippen MR) is 123 cm³/mol. The van der Waals surface area contributed by atoms with Gasteiger partial charge in [0.2, 0.25) is 0 Å². The van der Waals surface area contributed by atoms with Crippen LogP contribution in [0.4, 0.5) is 11.4 Å². The average Bonchev–Trinajstić information content (AvgIpc) is 2.84.